The quantitative estimate of drug-likeness (QED) is 0.676. The summed E-state index contributed by atoms with van der Waals surface area (Å²) in [6.07, 6.45) is 9.12. The Kier molecular flexibility index (Phi) is 5.99. The highest BCUT2D eigenvalue weighted by molar-refractivity contribution is 5.63. The van der Waals surface area contributed by atoms with Crippen molar-refractivity contribution in [2.45, 2.75) is 52.4 Å². The van der Waals surface area contributed by atoms with Gasteiger partial charge in [-0.1, -0.05) is 63.1 Å². The van der Waals surface area contributed by atoms with E-state index >= 15 is 0 Å². The molecule has 1 aliphatic rings. The van der Waals surface area contributed by atoms with Crippen molar-refractivity contribution in [2.75, 3.05) is 5.17 Å². The Morgan fingerprint density at radius 2 is 1.36 bits per heavy atom. The van der Waals surface area contributed by atoms with Crippen molar-refractivity contribution < 1.29 is 4.84 Å². The first-order valence-electron chi connectivity index (χ1n) is 9.43. The van der Waals surface area contributed by atoms with Crippen molar-refractivity contribution >= 4 is 11.4 Å². The van der Waals surface area contributed by atoms with E-state index in [1.165, 1.54) is 36.8 Å². The van der Waals surface area contributed by atoms with E-state index in [0.29, 0.717) is 0 Å². The van der Waals surface area contributed by atoms with E-state index < -0.39 is 0 Å². The molecule has 1 N–H and O–H groups in total. The van der Waals surface area contributed by atoms with Gasteiger partial charge >= 0.3 is 0 Å². The zero-order chi connectivity index (χ0) is 17.5. The largest absolute Gasteiger partial charge is 0.357 e. The fourth-order valence-electron chi connectivity index (χ4n) is 2.93. The Morgan fingerprint density at radius 1 is 0.800 bits per heavy atom. The number of hydrazine groups is 1. The minimum atomic E-state index is 0.845. The smallest absolute Gasteiger partial charge is 0.182 e. The van der Waals surface area contributed by atoms with Crippen LogP contribution in [0.15, 0.2) is 54.7 Å². The Hall–Kier alpha value is -2.42. The Balaban J connectivity index is 1.59. The van der Waals surface area contributed by atoms with E-state index in [-0.39, 0.29) is 0 Å². The Labute approximate surface area is 151 Å². The van der Waals surface area contributed by atoms with Crippen LogP contribution in [-0.2, 0) is 17.7 Å². The molecule has 0 radical (unpaired) electrons. The molecule has 25 heavy (non-hydrogen) atoms. The molecular formula is C22H28N2O. The lowest BCUT2D eigenvalue weighted by atomic mass is 10.1. The van der Waals surface area contributed by atoms with Gasteiger partial charge in [-0.25, -0.2) is 0 Å². The number of benzene rings is 2. The number of nitrogens with zero attached hydrogens (tertiary/aromatic N) is 1. The molecule has 132 valence electrons. The molecular weight excluding hydrogens is 308 g/mol. The third-order valence-corrected chi connectivity index (χ3v) is 4.55. The molecule has 0 aromatic heterocycles. The van der Waals surface area contributed by atoms with Gasteiger partial charge in [-0.05, 0) is 48.9 Å². The van der Waals surface area contributed by atoms with Gasteiger partial charge in [-0.3, -0.25) is 5.43 Å². The molecule has 0 unspecified atom stereocenters. The molecule has 3 nitrogen and oxygen atoms in total. The molecule has 0 amide bonds. The van der Waals surface area contributed by atoms with E-state index in [1.807, 2.05) is 6.20 Å². The van der Waals surface area contributed by atoms with Crippen LogP contribution in [0.2, 0.25) is 0 Å². The molecule has 0 fully saturated rings. The van der Waals surface area contributed by atoms with Crippen LogP contribution in [0.3, 0.4) is 0 Å². The number of unbranched alkanes of at least 4 members (excludes halogenated alkanes) is 2. The van der Waals surface area contributed by atoms with Gasteiger partial charge < -0.3 is 4.84 Å². The summed E-state index contributed by atoms with van der Waals surface area (Å²) in [6, 6.07) is 17.2. The molecule has 0 saturated carbocycles. The molecule has 0 bridgehead atoms. The molecule has 2 aromatic rings. The van der Waals surface area contributed by atoms with Crippen LogP contribution in [-0.4, -0.2) is 0 Å². The van der Waals surface area contributed by atoms with E-state index in [2.05, 4.69) is 67.8 Å². The van der Waals surface area contributed by atoms with E-state index in [9.17, 15) is 0 Å². The second-order valence-electron chi connectivity index (χ2n) is 6.59. The van der Waals surface area contributed by atoms with Crippen molar-refractivity contribution in [3.63, 3.8) is 0 Å². The van der Waals surface area contributed by atoms with Crippen LogP contribution in [0.25, 0.3) is 5.76 Å². The molecule has 0 saturated heterocycles. The van der Waals surface area contributed by atoms with Gasteiger partial charge in [0.1, 0.15) is 0 Å². The molecule has 1 aliphatic heterocycles. The lowest BCUT2D eigenvalue weighted by Gasteiger charge is -2.18. The summed E-state index contributed by atoms with van der Waals surface area (Å²) in [7, 11) is 0. The first kappa shape index (κ1) is 17.4. The van der Waals surface area contributed by atoms with E-state index in [0.717, 1.165) is 29.9 Å². The van der Waals surface area contributed by atoms with Crippen LogP contribution in [0.4, 0.5) is 5.69 Å². The van der Waals surface area contributed by atoms with Gasteiger partial charge in [0, 0.05) is 5.56 Å². The van der Waals surface area contributed by atoms with Crippen molar-refractivity contribution in [1.82, 2.24) is 5.43 Å². The number of anilines is 1. The predicted molar refractivity (Wildman–Crippen MR) is 105 cm³/mol. The summed E-state index contributed by atoms with van der Waals surface area (Å²) in [6.45, 7) is 4.45. The highest BCUT2D eigenvalue weighted by Gasteiger charge is 2.17. The third kappa shape index (κ3) is 4.56. The van der Waals surface area contributed by atoms with E-state index in [4.69, 9.17) is 4.84 Å². The first-order chi connectivity index (χ1) is 12.3. The SMILES string of the molecule is CCCCc1ccc(C2=CNN(c3ccc(CCCC)cc3)O2)cc1. The first-order valence-corrected chi connectivity index (χ1v) is 9.43. The molecule has 3 heteroatoms. The summed E-state index contributed by atoms with van der Waals surface area (Å²) in [4.78, 5) is 5.96. The zero-order valence-corrected chi connectivity index (χ0v) is 15.3. The maximum absolute atomic E-state index is 5.96. The van der Waals surface area contributed by atoms with Gasteiger partial charge in [-0.15, -0.1) is 5.17 Å². The molecule has 3 rings (SSSR count). The molecule has 0 atom stereocenters. The fraction of sp³-hybridized carbons (Fsp3) is 0.364. The minimum absolute atomic E-state index is 0.845. The number of hydrogen-bond acceptors (Lipinski definition) is 3. The molecule has 0 spiro atoms. The average Bonchev–Trinajstić information content (AvgIpc) is 3.15. The Bertz CT molecular complexity index is 689. The number of hydrogen-bond donors (Lipinski definition) is 1. The standard InChI is InChI=1S/C22H28N2O/c1-3-5-7-18-9-13-20(14-10-18)22-17-23-24(25-22)21-15-11-19(12-16-21)8-6-4-2/h9-17,23H,3-8H2,1-2H3. The van der Waals surface area contributed by atoms with E-state index in [1.54, 1.807) is 5.17 Å². The van der Waals surface area contributed by atoms with Crippen molar-refractivity contribution in [3.05, 3.63) is 71.4 Å². The predicted octanol–water partition coefficient (Wildman–Crippen LogP) is 5.63. The summed E-state index contributed by atoms with van der Waals surface area (Å²) in [5.74, 6) is 0.845. The lowest BCUT2D eigenvalue weighted by molar-refractivity contribution is 0.243. The van der Waals surface area contributed by atoms with Gasteiger partial charge in [0.15, 0.2) is 5.76 Å². The van der Waals surface area contributed by atoms with Gasteiger partial charge in [0.25, 0.3) is 0 Å². The van der Waals surface area contributed by atoms with Gasteiger partial charge in [-0.2, -0.15) is 0 Å². The topological polar surface area (TPSA) is 24.5 Å². The average molecular weight is 336 g/mol. The zero-order valence-electron chi connectivity index (χ0n) is 15.3. The molecule has 1 heterocycles. The number of rotatable bonds is 8. The monoisotopic (exact) mass is 336 g/mol. The molecule has 0 aliphatic carbocycles. The normalized spacial score (nSPS) is 13.4. The van der Waals surface area contributed by atoms with Crippen LogP contribution in [0.5, 0.6) is 0 Å². The van der Waals surface area contributed by atoms with Crippen LogP contribution in [0, 0.1) is 0 Å². The summed E-state index contributed by atoms with van der Waals surface area (Å²) in [5, 5.41) is 1.71. The highest BCUT2D eigenvalue weighted by atomic mass is 16.7. The Morgan fingerprint density at radius 3 is 1.92 bits per heavy atom. The lowest BCUT2D eigenvalue weighted by Crippen LogP contribution is -2.28. The maximum Gasteiger partial charge on any atom is 0.182 e. The third-order valence-electron chi connectivity index (χ3n) is 4.55. The summed E-state index contributed by atoms with van der Waals surface area (Å²) >= 11 is 0. The number of nitrogens with one attached hydrogen (secondary N) is 1. The fourth-order valence-corrected chi connectivity index (χ4v) is 2.93. The summed E-state index contributed by atoms with van der Waals surface area (Å²) in [5.41, 5.74) is 8.04. The highest BCUT2D eigenvalue weighted by Crippen LogP contribution is 2.25. The minimum Gasteiger partial charge on any atom is -0.357 e. The summed E-state index contributed by atoms with van der Waals surface area (Å²) < 4.78 is 0. The maximum atomic E-state index is 5.96. The second kappa shape index (κ2) is 8.61. The van der Waals surface area contributed by atoms with Crippen molar-refractivity contribution in [1.29, 1.82) is 0 Å². The van der Waals surface area contributed by atoms with Crippen molar-refractivity contribution in [3.8, 4) is 0 Å². The number of aryl methyl sites for hydroxylation is 2. The van der Waals surface area contributed by atoms with Crippen LogP contribution >= 0.6 is 0 Å². The van der Waals surface area contributed by atoms with Gasteiger partial charge in [0.2, 0.25) is 0 Å². The molecule has 2 aromatic carbocycles. The van der Waals surface area contributed by atoms with Crippen LogP contribution < -0.4 is 10.6 Å². The van der Waals surface area contributed by atoms with Crippen LogP contribution in [0.1, 0.15) is 56.2 Å². The van der Waals surface area contributed by atoms with Gasteiger partial charge in [0.05, 0.1) is 11.9 Å². The second-order valence-corrected chi connectivity index (χ2v) is 6.59. The van der Waals surface area contributed by atoms with Crippen molar-refractivity contribution in [2.24, 2.45) is 0 Å².